The van der Waals surface area contributed by atoms with E-state index in [1.165, 1.54) is 6.21 Å². The number of hydrogen-bond donors (Lipinski definition) is 1. The van der Waals surface area contributed by atoms with Gasteiger partial charge in [0.05, 0.1) is 30.5 Å². The van der Waals surface area contributed by atoms with Gasteiger partial charge in [-0.3, -0.25) is 4.79 Å². The van der Waals surface area contributed by atoms with Crippen molar-refractivity contribution in [1.29, 1.82) is 0 Å². The molecule has 2 aromatic rings. The van der Waals surface area contributed by atoms with Crippen molar-refractivity contribution in [3.63, 3.8) is 0 Å². The molecule has 132 valence electrons. The summed E-state index contributed by atoms with van der Waals surface area (Å²) >= 11 is 11.7. The van der Waals surface area contributed by atoms with E-state index in [1.807, 2.05) is 0 Å². The van der Waals surface area contributed by atoms with Crippen LogP contribution in [0.15, 0.2) is 41.6 Å². The number of hydrogen-bond acceptors (Lipinski definition) is 5. The van der Waals surface area contributed by atoms with Gasteiger partial charge in [0, 0.05) is 11.3 Å². The first-order valence-electron chi connectivity index (χ1n) is 7.15. The van der Waals surface area contributed by atoms with E-state index >= 15 is 0 Å². The summed E-state index contributed by atoms with van der Waals surface area (Å²) in [5.41, 5.74) is 1.26. The van der Waals surface area contributed by atoms with E-state index in [0.29, 0.717) is 27.2 Å². The van der Waals surface area contributed by atoms with E-state index in [2.05, 4.69) is 10.5 Å². The summed E-state index contributed by atoms with van der Waals surface area (Å²) in [7, 11) is 3.10. The number of nitrogens with zero attached hydrogens (tertiary/aromatic N) is 1. The predicted octanol–water partition coefficient (Wildman–Crippen LogP) is 4.00. The van der Waals surface area contributed by atoms with Crippen molar-refractivity contribution in [1.82, 2.24) is 0 Å². The zero-order valence-electron chi connectivity index (χ0n) is 13.6. The van der Waals surface area contributed by atoms with Crippen LogP contribution in [0.25, 0.3) is 0 Å². The van der Waals surface area contributed by atoms with Crippen LogP contribution in [-0.2, 0) is 9.63 Å². The van der Waals surface area contributed by atoms with E-state index < -0.39 is 0 Å². The van der Waals surface area contributed by atoms with Gasteiger partial charge >= 0.3 is 0 Å². The summed E-state index contributed by atoms with van der Waals surface area (Å²) in [6, 6.07) is 10.0. The highest BCUT2D eigenvalue weighted by atomic mass is 35.5. The molecule has 0 spiro atoms. The Morgan fingerprint density at radius 3 is 2.52 bits per heavy atom. The minimum absolute atomic E-state index is 0.246. The third-order valence-corrected chi connectivity index (χ3v) is 3.82. The molecule has 0 saturated carbocycles. The third kappa shape index (κ3) is 5.55. The molecule has 0 aliphatic rings. The maximum Gasteiger partial charge on any atom is 0.265 e. The molecule has 2 rings (SSSR count). The highest BCUT2D eigenvalue weighted by molar-refractivity contribution is 6.42. The second-order valence-corrected chi connectivity index (χ2v) is 5.61. The normalized spacial score (nSPS) is 10.6. The Kier molecular flexibility index (Phi) is 6.91. The maximum atomic E-state index is 11.8. The molecule has 0 aromatic heterocycles. The molecule has 1 amide bonds. The first kappa shape index (κ1) is 18.9. The first-order valence-corrected chi connectivity index (χ1v) is 7.91. The number of amides is 1. The number of ether oxygens (including phenoxy) is 2. The lowest BCUT2D eigenvalue weighted by Crippen LogP contribution is -2.16. The molecule has 2 aromatic carbocycles. The van der Waals surface area contributed by atoms with Crippen LogP contribution in [0.4, 0.5) is 5.69 Å². The van der Waals surface area contributed by atoms with Crippen molar-refractivity contribution < 1.29 is 19.1 Å². The van der Waals surface area contributed by atoms with Gasteiger partial charge in [-0.15, -0.1) is 0 Å². The molecule has 0 heterocycles. The Bertz CT molecular complexity index is 781. The molecule has 0 radical (unpaired) electrons. The van der Waals surface area contributed by atoms with Gasteiger partial charge in [0.1, 0.15) is 0 Å². The summed E-state index contributed by atoms with van der Waals surface area (Å²) in [6.45, 7) is -0.246. The molecular weight excluding hydrogens is 367 g/mol. The Morgan fingerprint density at radius 1 is 1.08 bits per heavy atom. The zero-order valence-corrected chi connectivity index (χ0v) is 15.1. The number of halogens is 2. The molecule has 0 saturated heterocycles. The fraction of sp³-hybridized carbons (Fsp3) is 0.176. The number of carbonyl (C=O) groups excluding carboxylic acids is 1. The van der Waals surface area contributed by atoms with Crippen molar-refractivity contribution in [2.24, 2.45) is 5.16 Å². The van der Waals surface area contributed by atoms with Gasteiger partial charge in [-0.05, 0) is 36.4 Å². The molecule has 0 aliphatic heterocycles. The van der Waals surface area contributed by atoms with Gasteiger partial charge in [-0.25, -0.2) is 0 Å². The highest BCUT2D eigenvalue weighted by Gasteiger charge is 2.06. The Labute approximate surface area is 155 Å². The zero-order chi connectivity index (χ0) is 18.2. The number of rotatable bonds is 7. The number of anilines is 1. The van der Waals surface area contributed by atoms with E-state index in [0.717, 1.165) is 5.56 Å². The molecule has 0 atom stereocenters. The van der Waals surface area contributed by atoms with Gasteiger partial charge in [0.25, 0.3) is 5.91 Å². The number of oxime groups is 1. The van der Waals surface area contributed by atoms with Gasteiger partial charge in [0.2, 0.25) is 0 Å². The second kappa shape index (κ2) is 9.15. The van der Waals surface area contributed by atoms with Crippen molar-refractivity contribution in [2.75, 3.05) is 26.1 Å². The van der Waals surface area contributed by atoms with Crippen LogP contribution in [0.2, 0.25) is 10.0 Å². The van der Waals surface area contributed by atoms with Gasteiger partial charge in [-0.2, -0.15) is 0 Å². The fourth-order valence-corrected chi connectivity index (χ4v) is 2.20. The van der Waals surface area contributed by atoms with Crippen LogP contribution < -0.4 is 14.8 Å². The first-order chi connectivity index (χ1) is 12.0. The van der Waals surface area contributed by atoms with E-state index in [9.17, 15) is 4.79 Å². The topological polar surface area (TPSA) is 69.2 Å². The largest absolute Gasteiger partial charge is 0.493 e. The van der Waals surface area contributed by atoms with Gasteiger partial charge in [-0.1, -0.05) is 28.4 Å². The van der Waals surface area contributed by atoms with Crippen LogP contribution in [0.3, 0.4) is 0 Å². The van der Waals surface area contributed by atoms with Gasteiger partial charge < -0.3 is 19.6 Å². The van der Waals surface area contributed by atoms with Crippen LogP contribution in [-0.4, -0.2) is 32.9 Å². The van der Waals surface area contributed by atoms with Crippen molar-refractivity contribution in [3.05, 3.63) is 52.0 Å². The summed E-state index contributed by atoms with van der Waals surface area (Å²) < 4.78 is 10.3. The predicted molar refractivity (Wildman–Crippen MR) is 98.2 cm³/mol. The number of nitrogens with one attached hydrogen (secondary N) is 1. The highest BCUT2D eigenvalue weighted by Crippen LogP contribution is 2.27. The van der Waals surface area contributed by atoms with Crippen LogP contribution >= 0.6 is 23.2 Å². The molecule has 0 fully saturated rings. The molecule has 1 N–H and O–H groups in total. The Morgan fingerprint density at radius 2 is 1.84 bits per heavy atom. The minimum Gasteiger partial charge on any atom is -0.493 e. The van der Waals surface area contributed by atoms with Crippen molar-refractivity contribution in [3.8, 4) is 11.5 Å². The summed E-state index contributed by atoms with van der Waals surface area (Å²) in [4.78, 5) is 16.8. The molecule has 6 nitrogen and oxygen atoms in total. The summed E-state index contributed by atoms with van der Waals surface area (Å²) in [5.74, 6) is 0.813. The average molecular weight is 383 g/mol. The standard InChI is InChI=1S/C17H16Cl2N2O4/c1-23-15-6-3-11(7-16(15)24-2)9-20-25-10-17(22)21-12-4-5-13(18)14(19)8-12/h3-9H,10H2,1-2H3,(H,21,22)/b20-9-. The average Bonchev–Trinajstić information content (AvgIpc) is 2.61. The molecule has 8 heteroatoms. The molecule has 25 heavy (non-hydrogen) atoms. The lowest BCUT2D eigenvalue weighted by Gasteiger charge is -2.07. The van der Waals surface area contributed by atoms with Crippen LogP contribution in [0.5, 0.6) is 11.5 Å². The maximum absolute atomic E-state index is 11.8. The molecule has 0 unspecified atom stereocenters. The van der Waals surface area contributed by atoms with Crippen molar-refractivity contribution in [2.45, 2.75) is 0 Å². The number of methoxy groups -OCH3 is 2. The number of carbonyl (C=O) groups is 1. The lowest BCUT2D eigenvalue weighted by molar-refractivity contribution is -0.120. The SMILES string of the molecule is COc1ccc(/C=N\OCC(=O)Nc2ccc(Cl)c(Cl)c2)cc1OC. The monoisotopic (exact) mass is 382 g/mol. The smallest absolute Gasteiger partial charge is 0.265 e. The lowest BCUT2D eigenvalue weighted by atomic mass is 10.2. The quantitative estimate of drug-likeness (QED) is 0.580. The minimum atomic E-state index is -0.372. The van der Waals surface area contributed by atoms with Gasteiger partial charge in [0.15, 0.2) is 18.1 Å². The van der Waals surface area contributed by atoms with E-state index in [1.54, 1.807) is 50.6 Å². The fourth-order valence-electron chi connectivity index (χ4n) is 1.90. The Hall–Kier alpha value is -2.44. The van der Waals surface area contributed by atoms with Crippen molar-refractivity contribution >= 4 is 41.0 Å². The third-order valence-electron chi connectivity index (χ3n) is 3.08. The Balaban J connectivity index is 1.86. The molecule has 0 bridgehead atoms. The van der Waals surface area contributed by atoms with Crippen LogP contribution in [0, 0.1) is 0 Å². The molecular formula is C17H16Cl2N2O4. The van der Waals surface area contributed by atoms with Crippen LogP contribution in [0.1, 0.15) is 5.56 Å². The summed E-state index contributed by atoms with van der Waals surface area (Å²) in [6.07, 6.45) is 1.47. The van der Waals surface area contributed by atoms with E-state index in [4.69, 9.17) is 37.5 Å². The second-order valence-electron chi connectivity index (χ2n) is 4.80. The number of benzene rings is 2. The molecule has 0 aliphatic carbocycles. The summed E-state index contributed by atoms with van der Waals surface area (Å²) in [5, 5.41) is 7.15. The van der Waals surface area contributed by atoms with E-state index in [-0.39, 0.29) is 12.5 Å².